The molecule has 1 aliphatic heterocycles. The van der Waals surface area contributed by atoms with Crippen LogP contribution in [0, 0.1) is 0 Å². The number of ether oxygens (including phenoxy) is 2. The third kappa shape index (κ3) is 3.64. The van der Waals surface area contributed by atoms with Crippen LogP contribution >= 0.6 is 11.6 Å². The van der Waals surface area contributed by atoms with Gasteiger partial charge in [-0.3, -0.25) is 4.79 Å². The molecular weight excluding hydrogens is 338 g/mol. The van der Waals surface area contributed by atoms with Gasteiger partial charge >= 0.3 is 0 Å². The highest BCUT2D eigenvalue weighted by Gasteiger charge is 2.24. The number of carbonyl (C=O) groups excluding carboxylic acids is 1. The highest BCUT2D eigenvalue weighted by molar-refractivity contribution is 6.35. The molecule has 3 rings (SSSR count). The number of hydrogen-bond donors (Lipinski definition) is 1. The Morgan fingerprint density at radius 1 is 1.16 bits per heavy atom. The molecule has 1 amide bonds. The smallest absolute Gasteiger partial charge is 0.256 e. The van der Waals surface area contributed by atoms with Gasteiger partial charge in [-0.15, -0.1) is 11.6 Å². The summed E-state index contributed by atoms with van der Waals surface area (Å²) >= 11 is 5.83. The minimum atomic E-state index is -0.106. The maximum atomic E-state index is 12.4. The lowest BCUT2D eigenvalue weighted by molar-refractivity contribution is -0.110. The third-order valence-corrected chi connectivity index (χ3v) is 4.24. The Morgan fingerprint density at radius 2 is 2.00 bits per heavy atom. The second-order valence-corrected chi connectivity index (χ2v) is 6.05. The topological polar surface area (TPSA) is 47.6 Å². The van der Waals surface area contributed by atoms with Crippen LogP contribution in [0.25, 0.3) is 11.6 Å². The first kappa shape index (κ1) is 17.4. The van der Waals surface area contributed by atoms with Crippen molar-refractivity contribution in [2.75, 3.05) is 24.9 Å². The van der Waals surface area contributed by atoms with Crippen LogP contribution in [0.2, 0.25) is 0 Å². The molecule has 1 aliphatic rings. The maximum Gasteiger partial charge on any atom is 0.256 e. The predicted molar refractivity (Wildman–Crippen MR) is 102 cm³/mol. The van der Waals surface area contributed by atoms with Gasteiger partial charge in [-0.05, 0) is 54.8 Å². The number of benzene rings is 2. The number of methoxy groups -OCH3 is 1. The minimum Gasteiger partial charge on any atom is -0.493 e. The Morgan fingerprint density at radius 3 is 2.72 bits per heavy atom. The second kappa shape index (κ2) is 7.62. The molecule has 2 aromatic carbocycles. The largest absolute Gasteiger partial charge is 0.493 e. The number of alkyl halides is 1. The zero-order valence-electron chi connectivity index (χ0n) is 14.3. The SMILES string of the molecule is CCOc1ccc(C=C2C(=O)Nc3ccc(CCCl)cc32)cc1OC. The van der Waals surface area contributed by atoms with Crippen LogP contribution in [0.4, 0.5) is 5.69 Å². The normalized spacial score (nSPS) is 14.4. The summed E-state index contributed by atoms with van der Waals surface area (Å²) in [5, 5.41) is 2.90. The van der Waals surface area contributed by atoms with Gasteiger partial charge in [0.15, 0.2) is 11.5 Å². The fourth-order valence-corrected chi connectivity index (χ4v) is 3.08. The molecule has 0 atom stereocenters. The standard InChI is InChI=1S/C20H20ClNO3/c1-3-25-18-7-5-14(12-19(18)24-2)11-16-15-10-13(8-9-21)4-6-17(15)22-20(16)23/h4-7,10-12H,3,8-9H2,1-2H3,(H,22,23). The number of carbonyl (C=O) groups is 1. The summed E-state index contributed by atoms with van der Waals surface area (Å²) in [5.41, 5.74) is 4.35. The number of halogens is 1. The average Bonchev–Trinajstić information content (AvgIpc) is 2.92. The van der Waals surface area contributed by atoms with Gasteiger partial charge in [-0.25, -0.2) is 0 Å². The fourth-order valence-electron chi connectivity index (χ4n) is 2.86. The summed E-state index contributed by atoms with van der Waals surface area (Å²) in [7, 11) is 1.60. The maximum absolute atomic E-state index is 12.4. The number of nitrogens with one attached hydrogen (secondary N) is 1. The fraction of sp³-hybridized carbons (Fsp3) is 0.250. The van der Waals surface area contributed by atoms with Crippen LogP contribution in [-0.2, 0) is 11.2 Å². The summed E-state index contributed by atoms with van der Waals surface area (Å²) in [6.45, 7) is 2.49. The van der Waals surface area contributed by atoms with E-state index in [9.17, 15) is 4.79 Å². The summed E-state index contributed by atoms with van der Waals surface area (Å²) in [6, 6.07) is 11.6. The third-order valence-electron chi connectivity index (χ3n) is 4.05. The van der Waals surface area contributed by atoms with Gasteiger partial charge in [-0.2, -0.15) is 0 Å². The highest BCUT2D eigenvalue weighted by atomic mass is 35.5. The van der Waals surface area contributed by atoms with Crippen molar-refractivity contribution < 1.29 is 14.3 Å². The van der Waals surface area contributed by atoms with Crippen molar-refractivity contribution >= 4 is 34.8 Å². The van der Waals surface area contributed by atoms with Gasteiger partial charge in [0.05, 0.1) is 13.7 Å². The van der Waals surface area contributed by atoms with Gasteiger partial charge in [0.2, 0.25) is 0 Å². The molecule has 1 heterocycles. The Bertz CT molecular complexity index is 830. The van der Waals surface area contributed by atoms with E-state index in [0.717, 1.165) is 28.8 Å². The van der Waals surface area contributed by atoms with E-state index in [1.54, 1.807) is 7.11 Å². The first-order chi connectivity index (χ1) is 12.2. The van der Waals surface area contributed by atoms with E-state index >= 15 is 0 Å². The molecule has 0 spiro atoms. The quantitative estimate of drug-likeness (QED) is 0.617. The number of hydrogen-bond acceptors (Lipinski definition) is 3. The molecule has 0 saturated carbocycles. The average molecular weight is 358 g/mol. The van der Waals surface area contributed by atoms with Crippen molar-refractivity contribution in [2.45, 2.75) is 13.3 Å². The molecule has 130 valence electrons. The van der Waals surface area contributed by atoms with E-state index in [2.05, 4.69) is 5.32 Å². The van der Waals surface area contributed by atoms with Gasteiger partial charge in [0, 0.05) is 22.7 Å². The lowest BCUT2D eigenvalue weighted by atomic mass is 10.0. The van der Waals surface area contributed by atoms with Gasteiger partial charge in [-0.1, -0.05) is 12.1 Å². The zero-order valence-corrected chi connectivity index (χ0v) is 15.0. The van der Waals surface area contributed by atoms with Crippen molar-refractivity contribution in [2.24, 2.45) is 0 Å². The molecule has 0 bridgehead atoms. The summed E-state index contributed by atoms with van der Waals surface area (Å²) < 4.78 is 10.9. The molecule has 0 fully saturated rings. The Hall–Kier alpha value is -2.46. The molecule has 1 N–H and O–H groups in total. The van der Waals surface area contributed by atoms with Crippen molar-refractivity contribution in [3.05, 3.63) is 53.1 Å². The monoisotopic (exact) mass is 357 g/mol. The van der Waals surface area contributed by atoms with E-state index in [0.29, 0.717) is 29.6 Å². The minimum absolute atomic E-state index is 0.106. The van der Waals surface area contributed by atoms with E-state index < -0.39 is 0 Å². The highest BCUT2D eigenvalue weighted by Crippen LogP contribution is 2.35. The number of fused-ring (bicyclic) bond motifs is 1. The van der Waals surface area contributed by atoms with Crippen molar-refractivity contribution in [3.63, 3.8) is 0 Å². The molecule has 0 unspecified atom stereocenters. The molecule has 4 nitrogen and oxygen atoms in total. The molecule has 0 aromatic heterocycles. The van der Waals surface area contributed by atoms with Crippen LogP contribution in [-0.4, -0.2) is 25.5 Å². The van der Waals surface area contributed by atoms with Crippen LogP contribution in [0.5, 0.6) is 11.5 Å². The predicted octanol–water partition coefficient (Wildman–Crippen LogP) is 4.37. The first-order valence-corrected chi connectivity index (χ1v) is 8.73. The summed E-state index contributed by atoms with van der Waals surface area (Å²) in [4.78, 5) is 12.4. The van der Waals surface area contributed by atoms with E-state index in [4.69, 9.17) is 21.1 Å². The molecule has 2 aromatic rings. The molecule has 25 heavy (non-hydrogen) atoms. The van der Waals surface area contributed by atoms with E-state index in [1.165, 1.54) is 0 Å². The second-order valence-electron chi connectivity index (χ2n) is 5.67. The molecule has 5 heteroatoms. The van der Waals surface area contributed by atoms with Crippen LogP contribution in [0.3, 0.4) is 0 Å². The first-order valence-electron chi connectivity index (χ1n) is 8.19. The Labute approximate surface area is 152 Å². The van der Waals surface area contributed by atoms with E-state index in [-0.39, 0.29) is 5.91 Å². The van der Waals surface area contributed by atoms with Crippen molar-refractivity contribution in [1.82, 2.24) is 0 Å². The van der Waals surface area contributed by atoms with Gasteiger partial charge in [0.1, 0.15) is 0 Å². The van der Waals surface area contributed by atoms with Crippen LogP contribution in [0.1, 0.15) is 23.6 Å². The number of anilines is 1. The van der Waals surface area contributed by atoms with Gasteiger partial charge < -0.3 is 14.8 Å². The van der Waals surface area contributed by atoms with Crippen LogP contribution < -0.4 is 14.8 Å². The number of amides is 1. The number of rotatable bonds is 6. The Balaban J connectivity index is 1.99. The molecule has 0 saturated heterocycles. The summed E-state index contributed by atoms with van der Waals surface area (Å²) in [6.07, 6.45) is 2.64. The molecule has 0 radical (unpaired) electrons. The van der Waals surface area contributed by atoms with E-state index in [1.807, 2.05) is 49.4 Å². The van der Waals surface area contributed by atoms with Gasteiger partial charge in [0.25, 0.3) is 5.91 Å². The zero-order chi connectivity index (χ0) is 17.8. The number of aryl methyl sites for hydroxylation is 1. The lowest BCUT2D eigenvalue weighted by Crippen LogP contribution is -2.03. The summed E-state index contributed by atoms with van der Waals surface area (Å²) in [5.74, 6) is 1.78. The molecule has 0 aliphatic carbocycles. The molecular formula is C20H20ClNO3. The Kier molecular flexibility index (Phi) is 5.29. The van der Waals surface area contributed by atoms with Crippen LogP contribution in [0.15, 0.2) is 36.4 Å². The van der Waals surface area contributed by atoms with Crippen molar-refractivity contribution in [1.29, 1.82) is 0 Å². The lowest BCUT2D eigenvalue weighted by Gasteiger charge is -2.10. The van der Waals surface area contributed by atoms with Crippen molar-refractivity contribution in [3.8, 4) is 11.5 Å².